The van der Waals surface area contributed by atoms with E-state index in [1.165, 1.54) is 6.07 Å². The summed E-state index contributed by atoms with van der Waals surface area (Å²) >= 11 is 3.87. The zero-order valence-corrected chi connectivity index (χ0v) is 15.7. The zero-order chi connectivity index (χ0) is 20.9. The number of hydrogen-bond donors (Lipinski definition) is 1. The van der Waals surface area contributed by atoms with Gasteiger partial charge in [-0.3, -0.25) is 0 Å². The van der Waals surface area contributed by atoms with E-state index in [4.69, 9.17) is 11.2 Å². The van der Waals surface area contributed by atoms with Crippen LogP contribution in [0, 0.1) is 5.41 Å². The Morgan fingerprint density at radius 3 is 2.46 bits per heavy atom. The summed E-state index contributed by atoms with van der Waals surface area (Å²) in [6.07, 6.45) is 4.06. The predicted molar refractivity (Wildman–Crippen MR) is 107 cm³/mol. The minimum atomic E-state index is -0.707. The van der Waals surface area contributed by atoms with Gasteiger partial charge in [0.1, 0.15) is 0 Å². The summed E-state index contributed by atoms with van der Waals surface area (Å²) < 4.78 is 31.9. The van der Waals surface area contributed by atoms with Gasteiger partial charge in [-0.15, -0.1) is 0 Å². The predicted octanol–water partition coefficient (Wildman–Crippen LogP) is 5.67. The molecule has 0 heterocycles. The first kappa shape index (κ1) is 12.7. The molecule has 0 fully saturated rings. The zero-order valence-electron chi connectivity index (χ0n) is 18.2. The molecule has 1 nitrogen and oxygen atoms in total. The topological polar surface area (TPSA) is 26.0 Å². The first-order valence-electron chi connectivity index (χ1n) is 9.99. The summed E-state index contributed by atoms with van der Waals surface area (Å²) in [5, 5.41) is 0. The van der Waals surface area contributed by atoms with Crippen LogP contribution < -0.4 is 5.73 Å². The molecule has 2 N–H and O–H groups in total. The molecule has 2 heteroatoms. The fourth-order valence-electron chi connectivity index (χ4n) is 2.89. The molecule has 1 aliphatic carbocycles. The lowest BCUT2D eigenvalue weighted by molar-refractivity contribution is 0.504. The molecule has 2 unspecified atom stereocenters. The highest BCUT2D eigenvalue weighted by atomic mass is 79.9. The van der Waals surface area contributed by atoms with Gasteiger partial charge in [-0.2, -0.15) is 0 Å². The second kappa shape index (κ2) is 6.34. The largest absolute Gasteiger partial charge is 0.322 e. The molecular weight excluding hydrogens is 358 g/mol. The van der Waals surface area contributed by atoms with Crippen LogP contribution >= 0.6 is 15.9 Å². The van der Waals surface area contributed by atoms with Gasteiger partial charge in [0, 0.05) is 0 Å². The molecule has 24 heavy (non-hydrogen) atoms. The number of hydrogen-bond acceptors (Lipinski definition) is 1. The van der Waals surface area contributed by atoms with Gasteiger partial charge >= 0.3 is 0 Å². The van der Waals surface area contributed by atoms with Crippen molar-refractivity contribution in [3.8, 4) is 0 Å². The van der Waals surface area contributed by atoms with Crippen LogP contribution in [0.15, 0.2) is 78.3 Å². The van der Waals surface area contributed by atoms with E-state index in [0.29, 0.717) is 11.1 Å². The first-order chi connectivity index (χ1) is 13.0. The highest BCUT2D eigenvalue weighted by molar-refractivity contribution is 9.09. The molecule has 0 radical (unpaired) electrons. The first-order valence-corrected chi connectivity index (χ1v) is 8.79. The van der Waals surface area contributed by atoms with Crippen LogP contribution in [0.3, 0.4) is 0 Å². The summed E-state index contributed by atoms with van der Waals surface area (Å²) in [5.41, 5.74) is 9.51. The van der Waals surface area contributed by atoms with E-state index in [-0.39, 0.29) is 29.6 Å². The van der Waals surface area contributed by atoms with Crippen molar-refractivity contribution < 1.29 is 5.48 Å². The van der Waals surface area contributed by atoms with E-state index in [1.54, 1.807) is 0 Å². The summed E-state index contributed by atoms with van der Waals surface area (Å²) in [7, 11) is 0. The maximum absolute atomic E-state index is 8.40. The van der Waals surface area contributed by atoms with Gasteiger partial charge in [-0.1, -0.05) is 109 Å². The van der Waals surface area contributed by atoms with E-state index in [9.17, 15) is 0 Å². The standard InChI is InChI=1S/C22H24BrN/c1-21(2,3)18-14-19(16-10-6-4-7-11-16)20(24)22(23,15-18)17-12-8-5-9-13-17/h4-15,20H,24H2,1-3H3/i4D,6D,10D,11D. The van der Waals surface area contributed by atoms with Crippen molar-refractivity contribution in [2.24, 2.45) is 11.1 Å². The number of allylic oxidation sites excluding steroid dienone is 2. The fraction of sp³-hybridized carbons (Fsp3) is 0.273. The van der Waals surface area contributed by atoms with Crippen LogP contribution in [0.1, 0.15) is 37.4 Å². The smallest absolute Gasteiger partial charge is 0.0883 e. The Morgan fingerprint density at radius 2 is 1.79 bits per heavy atom. The Hall–Kier alpha value is -1.64. The van der Waals surface area contributed by atoms with Gasteiger partial charge in [0.2, 0.25) is 0 Å². The van der Waals surface area contributed by atoms with Gasteiger partial charge in [-0.05, 0) is 27.7 Å². The van der Waals surface area contributed by atoms with Crippen LogP contribution in [0.4, 0.5) is 0 Å². The quantitative estimate of drug-likeness (QED) is 0.661. The van der Waals surface area contributed by atoms with Crippen LogP contribution in [0.5, 0.6) is 0 Å². The van der Waals surface area contributed by atoms with Crippen LogP contribution in [0.2, 0.25) is 0 Å². The van der Waals surface area contributed by atoms with Gasteiger partial charge < -0.3 is 5.73 Å². The Balaban J connectivity index is 2.30. The Bertz CT molecular complexity index is 976. The third-order valence-electron chi connectivity index (χ3n) is 4.38. The van der Waals surface area contributed by atoms with Gasteiger partial charge in [-0.25, -0.2) is 0 Å². The molecular formula is C22H24BrN. The molecule has 0 aliphatic heterocycles. The molecule has 1 aliphatic rings. The molecule has 0 aromatic heterocycles. The summed E-state index contributed by atoms with van der Waals surface area (Å²) in [6, 6.07) is 10.2. The minimum absolute atomic E-state index is 0.0470. The molecule has 0 bridgehead atoms. The number of benzene rings is 2. The third-order valence-corrected chi connectivity index (χ3v) is 5.56. The van der Waals surface area contributed by atoms with E-state index < -0.39 is 10.4 Å². The second-order valence-corrected chi connectivity index (χ2v) is 8.43. The Kier molecular flexibility index (Phi) is 3.35. The number of nitrogens with two attached hydrogens (primary N) is 1. The van der Waals surface area contributed by atoms with Crippen molar-refractivity contribution >= 4 is 21.5 Å². The number of rotatable bonds is 2. The van der Waals surface area contributed by atoms with E-state index in [2.05, 4.69) is 42.8 Å². The van der Waals surface area contributed by atoms with Crippen LogP contribution in [-0.2, 0) is 4.32 Å². The van der Waals surface area contributed by atoms with Crippen molar-refractivity contribution in [3.63, 3.8) is 0 Å². The molecule has 0 amide bonds. The van der Waals surface area contributed by atoms with Crippen molar-refractivity contribution in [2.75, 3.05) is 0 Å². The second-order valence-electron chi connectivity index (χ2n) is 7.12. The monoisotopic (exact) mass is 385 g/mol. The summed E-state index contributed by atoms with van der Waals surface area (Å²) in [5.74, 6) is 0. The van der Waals surface area contributed by atoms with E-state index in [1.807, 2.05) is 36.4 Å². The van der Waals surface area contributed by atoms with Gasteiger partial charge in [0.15, 0.2) is 0 Å². The highest BCUT2D eigenvalue weighted by Crippen LogP contribution is 2.47. The lowest BCUT2D eigenvalue weighted by Gasteiger charge is -2.39. The number of halogens is 1. The van der Waals surface area contributed by atoms with Crippen molar-refractivity contribution in [1.82, 2.24) is 0 Å². The Morgan fingerprint density at radius 1 is 1.08 bits per heavy atom. The molecule has 124 valence electrons. The molecule has 0 saturated heterocycles. The SMILES string of the molecule is [2H]c1cc([2H])c(C2=CC(C(C)(C)C)=CC(Br)(c3ccccc3)C2N)c([2H])c1[2H]. The third kappa shape index (κ3) is 3.13. The minimum Gasteiger partial charge on any atom is -0.322 e. The maximum Gasteiger partial charge on any atom is 0.0883 e. The highest BCUT2D eigenvalue weighted by Gasteiger charge is 2.40. The molecule has 3 rings (SSSR count). The number of alkyl halides is 1. The molecule has 2 aromatic carbocycles. The van der Waals surface area contributed by atoms with Crippen LogP contribution in [0.25, 0.3) is 5.57 Å². The van der Waals surface area contributed by atoms with Crippen molar-refractivity contribution in [2.45, 2.75) is 31.1 Å². The fourth-order valence-corrected chi connectivity index (χ4v) is 3.65. The van der Waals surface area contributed by atoms with Crippen molar-refractivity contribution in [3.05, 3.63) is 89.4 Å². The molecule has 2 atom stereocenters. The molecule has 2 aromatic rings. The van der Waals surface area contributed by atoms with Crippen molar-refractivity contribution in [1.29, 1.82) is 0 Å². The van der Waals surface area contributed by atoms with Gasteiger partial charge in [0.05, 0.1) is 15.8 Å². The maximum atomic E-state index is 8.40. The summed E-state index contributed by atoms with van der Waals surface area (Å²) in [4.78, 5) is 0. The van der Waals surface area contributed by atoms with E-state index >= 15 is 0 Å². The Labute approximate surface area is 159 Å². The van der Waals surface area contributed by atoms with Crippen LogP contribution in [-0.4, -0.2) is 6.04 Å². The normalized spacial score (nSPS) is 26.6. The lowest BCUT2D eigenvalue weighted by Crippen LogP contribution is -2.43. The van der Waals surface area contributed by atoms with E-state index in [0.717, 1.165) is 11.1 Å². The lowest BCUT2D eigenvalue weighted by atomic mass is 9.73. The molecule has 0 spiro atoms. The average molecular weight is 386 g/mol. The molecule has 0 saturated carbocycles. The summed E-state index contributed by atoms with van der Waals surface area (Å²) in [6.45, 7) is 6.32. The van der Waals surface area contributed by atoms with Gasteiger partial charge in [0.25, 0.3) is 0 Å². The average Bonchev–Trinajstić information content (AvgIpc) is 2.63.